The summed E-state index contributed by atoms with van der Waals surface area (Å²) in [6.45, 7) is -1.71. The van der Waals surface area contributed by atoms with E-state index in [9.17, 15) is 33.6 Å². The van der Waals surface area contributed by atoms with Crippen LogP contribution in [0.4, 0.5) is 0 Å². The number of oxime groups is 1. The number of hydrogen-bond donors (Lipinski definition) is 0. The van der Waals surface area contributed by atoms with E-state index in [4.69, 9.17) is 56.9 Å². The number of hydrogen-bond acceptors (Lipinski definition) is 20. The first-order chi connectivity index (χ1) is 43.5. The van der Waals surface area contributed by atoms with Crippen molar-refractivity contribution in [2.45, 2.75) is 61.9 Å². The molecule has 0 aliphatic carbocycles. The Morgan fingerprint density at radius 2 is 0.742 bits per heavy atom. The van der Waals surface area contributed by atoms with Crippen LogP contribution in [0.3, 0.4) is 0 Å². The van der Waals surface area contributed by atoms with Crippen molar-refractivity contribution in [2.75, 3.05) is 20.3 Å². The lowest BCUT2D eigenvalue weighted by molar-refractivity contribution is -0.329. The molecule has 0 saturated carbocycles. The van der Waals surface area contributed by atoms with Crippen molar-refractivity contribution in [3.63, 3.8) is 0 Å². The molecule has 0 radical (unpaired) electrons. The second kappa shape index (κ2) is 30.1. The van der Waals surface area contributed by atoms with Crippen molar-refractivity contribution in [3.8, 4) is 5.75 Å². The molecule has 89 heavy (non-hydrogen) atoms. The zero-order valence-electron chi connectivity index (χ0n) is 47.5. The largest absolute Gasteiger partial charge is 0.497 e. The van der Waals surface area contributed by atoms with Crippen LogP contribution in [-0.2, 0) is 58.8 Å². The van der Waals surface area contributed by atoms with Crippen LogP contribution in [-0.4, -0.2) is 123 Å². The Balaban J connectivity index is 1.14. The van der Waals surface area contributed by atoms with Gasteiger partial charge in [0.15, 0.2) is 36.4 Å². The third-order valence-corrected chi connectivity index (χ3v) is 14.0. The van der Waals surface area contributed by atoms with Gasteiger partial charge in [-0.1, -0.05) is 145 Å². The molecular weight excluding hydrogens is 1150 g/mol. The van der Waals surface area contributed by atoms with Gasteiger partial charge in [-0.25, -0.2) is 33.6 Å². The van der Waals surface area contributed by atoms with Crippen LogP contribution >= 0.6 is 0 Å². The highest BCUT2D eigenvalue weighted by Gasteiger charge is 2.57. The molecule has 0 bridgehead atoms. The molecule has 0 N–H and O–H groups in total. The molecule has 8 aromatic rings. The highest BCUT2D eigenvalue weighted by atomic mass is 16.8. The van der Waals surface area contributed by atoms with Gasteiger partial charge in [-0.3, -0.25) is 0 Å². The summed E-state index contributed by atoms with van der Waals surface area (Å²) in [5.41, 5.74) is 0.504. The second-order valence-electron chi connectivity index (χ2n) is 19.9. The van der Waals surface area contributed by atoms with E-state index in [1.807, 2.05) is 0 Å². The SMILES string of the molecule is COc1ccc(CO[C@H]2O[C@H](COC(=O)c3ccccc3)[C@@H](O[C@@H]3O[C@H](COC(=O)c4ccccc4)[C@H](OC(=O)c4ccccc4)[C@H](OC(=O)c4ccccc4)[C@H]3OC(=O)c3ccccc3)[C@H](OC(=O)c3ccccc3)/C2=N\OC(=O)c2ccccc2)cc1. The number of carbonyl (C=O) groups is 7. The predicted octanol–water partition coefficient (Wildman–Crippen LogP) is 9.88. The van der Waals surface area contributed by atoms with Gasteiger partial charge in [-0.2, -0.15) is 0 Å². The molecule has 20 nitrogen and oxygen atoms in total. The number of carbonyl (C=O) groups excluding carboxylic acids is 7. The highest BCUT2D eigenvalue weighted by molar-refractivity contribution is 5.98. The smallest absolute Gasteiger partial charge is 0.365 e. The van der Waals surface area contributed by atoms with E-state index in [1.54, 1.807) is 152 Å². The van der Waals surface area contributed by atoms with Gasteiger partial charge in [-0.15, -0.1) is 0 Å². The number of esters is 6. The predicted molar refractivity (Wildman–Crippen MR) is 315 cm³/mol. The van der Waals surface area contributed by atoms with Crippen LogP contribution in [0.25, 0.3) is 0 Å². The fourth-order valence-electron chi connectivity index (χ4n) is 9.42. The molecule has 8 aromatic carbocycles. The molecule has 0 amide bonds. The lowest BCUT2D eigenvalue weighted by Gasteiger charge is -2.47. The van der Waals surface area contributed by atoms with Gasteiger partial charge in [0.25, 0.3) is 0 Å². The maximum Gasteiger partial charge on any atom is 0.365 e. The molecule has 2 aliphatic rings. The van der Waals surface area contributed by atoms with Crippen LogP contribution in [0.15, 0.2) is 242 Å². The Labute approximate surface area is 510 Å². The molecule has 2 fully saturated rings. The number of ether oxygens (including phenoxy) is 11. The molecule has 2 heterocycles. The summed E-state index contributed by atoms with van der Waals surface area (Å²) >= 11 is 0. The van der Waals surface area contributed by atoms with Crippen molar-refractivity contribution < 1.29 is 90.5 Å². The maximum absolute atomic E-state index is 14.7. The van der Waals surface area contributed by atoms with E-state index < -0.39 is 116 Å². The van der Waals surface area contributed by atoms with Gasteiger partial charge in [0.2, 0.25) is 6.29 Å². The number of nitrogens with zero attached hydrogens (tertiary/aromatic N) is 1. The molecule has 452 valence electrons. The Hall–Kier alpha value is -10.6. The topological polar surface area (TPSA) is 243 Å². The van der Waals surface area contributed by atoms with Crippen LogP contribution < -0.4 is 4.74 Å². The van der Waals surface area contributed by atoms with Crippen LogP contribution in [0.5, 0.6) is 5.75 Å². The molecule has 0 spiro atoms. The van der Waals surface area contributed by atoms with Gasteiger partial charge in [0.05, 0.1) is 52.7 Å². The van der Waals surface area contributed by atoms with Gasteiger partial charge < -0.3 is 56.9 Å². The molecule has 10 rings (SSSR count). The average Bonchev–Trinajstić information content (AvgIpc) is 1.59. The Morgan fingerprint density at radius 3 is 1.16 bits per heavy atom. The number of methoxy groups -OCH3 is 1. The van der Waals surface area contributed by atoms with Gasteiger partial charge in [-0.05, 0) is 103 Å². The molecule has 9 atom stereocenters. The Kier molecular flexibility index (Phi) is 20.8. The van der Waals surface area contributed by atoms with Crippen molar-refractivity contribution in [1.82, 2.24) is 0 Å². The minimum atomic E-state index is -2.09. The summed E-state index contributed by atoms with van der Waals surface area (Å²) in [4.78, 5) is 106. The normalized spacial score (nSPS) is 20.8. The molecule has 20 heteroatoms. The van der Waals surface area contributed by atoms with Crippen LogP contribution in [0.2, 0.25) is 0 Å². The van der Waals surface area contributed by atoms with E-state index in [1.165, 1.54) is 92.0 Å². The zero-order valence-corrected chi connectivity index (χ0v) is 47.5. The van der Waals surface area contributed by atoms with Crippen molar-refractivity contribution in [1.29, 1.82) is 0 Å². The van der Waals surface area contributed by atoms with E-state index in [-0.39, 0.29) is 45.6 Å². The molecular formula is C69H57NO19. The third kappa shape index (κ3) is 16.1. The second-order valence-corrected chi connectivity index (χ2v) is 19.9. The lowest BCUT2D eigenvalue weighted by atomic mass is 9.96. The zero-order chi connectivity index (χ0) is 61.9. The highest BCUT2D eigenvalue weighted by Crippen LogP contribution is 2.36. The van der Waals surface area contributed by atoms with Crippen molar-refractivity contribution in [3.05, 3.63) is 281 Å². The monoisotopic (exact) mass is 1200 g/mol. The summed E-state index contributed by atoms with van der Waals surface area (Å²) in [7, 11) is 1.51. The molecule has 2 aliphatic heterocycles. The Morgan fingerprint density at radius 1 is 0.382 bits per heavy atom. The summed E-state index contributed by atoms with van der Waals surface area (Å²) in [5.74, 6) is -6.11. The van der Waals surface area contributed by atoms with Crippen molar-refractivity contribution >= 4 is 47.5 Å². The fraction of sp³-hybridized carbons (Fsp3) is 0.188. The first-order valence-electron chi connectivity index (χ1n) is 28.0. The van der Waals surface area contributed by atoms with Gasteiger partial charge in [0, 0.05) is 0 Å². The minimum Gasteiger partial charge on any atom is -0.497 e. The van der Waals surface area contributed by atoms with Crippen molar-refractivity contribution in [2.24, 2.45) is 5.16 Å². The minimum absolute atomic E-state index is 0.00485. The van der Waals surface area contributed by atoms with Gasteiger partial charge >= 0.3 is 41.8 Å². The quantitative estimate of drug-likeness (QED) is 0.0265. The molecule has 2 saturated heterocycles. The first-order valence-corrected chi connectivity index (χ1v) is 28.0. The van der Waals surface area contributed by atoms with E-state index >= 15 is 0 Å². The van der Waals surface area contributed by atoms with E-state index in [2.05, 4.69) is 5.16 Å². The summed E-state index contributed by atoms with van der Waals surface area (Å²) < 4.78 is 69.7. The van der Waals surface area contributed by atoms with Gasteiger partial charge in [0.1, 0.15) is 37.3 Å². The fourth-order valence-corrected chi connectivity index (χ4v) is 9.42. The third-order valence-electron chi connectivity index (χ3n) is 14.0. The lowest BCUT2D eigenvalue weighted by Crippen LogP contribution is -2.66. The number of benzene rings is 8. The maximum atomic E-state index is 14.7. The number of rotatable bonds is 22. The summed E-state index contributed by atoms with van der Waals surface area (Å²) in [5, 5.41) is 4.31. The molecule has 0 aromatic heterocycles. The first kappa shape index (κ1) is 61.4. The standard InChI is InChI=1S/C69H57NO19/c1-78-52-39-37-44(38-40-52)41-81-68-55(70-89-67(77)51-35-21-8-22-36-51)58(85-64(74)48-29-15-5-16-30-48)56(53(82-68)42-79-61(71)45-23-9-2-10-24-45)88-69-60(87-66(76)50-33-19-7-20-34-50)59(86-65(75)49-31-17-6-18-32-49)57(84-63(73)47-27-13-4-14-28-47)54(83-69)43-80-62(72)46-25-11-3-12-26-46/h2-40,53-54,56-60,68-69H,41-43H2,1H3/b70-55+/t53-,54-,56-,57+,58-,59+,60-,68+,69+/m1/s1. The summed E-state index contributed by atoms with van der Waals surface area (Å²) in [6.07, 6.45) is -16.7. The average molecular weight is 1200 g/mol. The Bertz CT molecular complexity index is 3700. The summed E-state index contributed by atoms with van der Waals surface area (Å²) in [6, 6.07) is 61.5. The van der Waals surface area contributed by atoms with E-state index in [0.717, 1.165) is 0 Å². The van der Waals surface area contributed by atoms with Crippen LogP contribution in [0.1, 0.15) is 78.1 Å². The molecule has 0 unspecified atom stereocenters. The van der Waals surface area contributed by atoms with E-state index in [0.29, 0.717) is 11.3 Å². The van der Waals surface area contributed by atoms with Crippen LogP contribution in [0, 0.1) is 0 Å².